The minimum atomic E-state index is -0.451. The first-order chi connectivity index (χ1) is 16.4. The largest absolute Gasteiger partial charge is 0.485 e. The van der Waals surface area contributed by atoms with Gasteiger partial charge in [0.2, 0.25) is 5.91 Å². The van der Waals surface area contributed by atoms with E-state index in [1.54, 1.807) is 6.08 Å². The van der Waals surface area contributed by atoms with Crippen LogP contribution in [0.1, 0.15) is 39.1 Å². The lowest BCUT2D eigenvalue weighted by Gasteiger charge is -2.10. The van der Waals surface area contributed by atoms with Crippen LogP contribution in [-0.4, -0.2) is 39.5 Å². The maximum Gasteiger partial charge on any atom is 0.341 e. The number of aryl methyl sites for hydroxylation is 2. The number of aromatic nitrogens is 3. The third-order valence-corrected chi connectivity index (χ3v) is 7.12. The lowest BCUT2D eigenvalue weighted by Crippen LogP contribution is -2.17. The topological polar surface area (TPSA) is 95.3 Å². The molecule has 0 fully saturated rings. The van der Waals surface area contributed by atoms with E-state index in [9.17, 15) is 9.59 Å². The standard InChI is InChI=1S/C24H28N4O4S2/c1-6-12-28-19(13-32-18-11-9-8-10-15(18)3)26-27-24(28)33-14-20(29)25-22-21(23(30)31-5)17(7-2)16(4)34-22/h6,8-11H,1,7,12-14H2,2-5H3,(H,25,29). The summed E-state index contributed by atoms with van der Waals surface area (Å²) in [4.78, 5) is 26.0. The maximum absolute atomic E-state index is 12.7. The van der Waals surface area contributed by atoms with Gasteiger partial charge in [-0.1, -0.05) is 43.0 Å². The number of nitrogens with one attached hydrogen (secondary N) is 1. The molecule has 2 aromatic heterocycles. The fourth-order valence-electron chi connectivity index (χ4n) is 3.41. The van der Waals surface area contributed by atoms with Crippen molar-refractivity contribution in [2.45, 2.75) is 45.5 Å². The molecule has 2 heterocycles. The number of esters is 1. The van der Waals surface area contributed by atoms with Gasteiger partial charge in [0, 0.05) is 11.4 Å². The van der Waals surface area contributed by atoms with Gasteiger partial charge in [0.15, 0.2) is 11.0 Å². The zero-order valence-electron chi connectivity index (χ0n) is 19.7. The molecule has 1 amide bonds. The van der Waals surface area contributed by atoms with Crippen molar-refractivity contribution in [2.24, 2.45) is 0 Å². The third-order valence-electron chi connectivity index (χ3n) is 5.09. The van der Waals surface area contributed by atoms with E-state index >= 15 is 0 Å². The van der Waals surface area contributed by atoms with E-state index in [0.717, 1.165) is 21.8 Å². The molecule has 0 radical (unpaired) electrons. The molecule has 0 spiro atoms. The van der Waals surface area contributed by atoms with Crippen LogP contribution in [0.3, 0.4) is 0 Å². The second-order valence-electron chi connectivity index (χ2n) is 7.38. The predicted molar refractivity (Wildman–Crippen MR) is 135 cm³/mol. The number of thioether (sulfide) groups is 1. The van der Waals surface area contributed by atoms with Gasteiger partial charge in [-0.15, -0.1) is 28.1 Å². The number of hydrogen-bond acceptors (Lipinski definition) is 8. The Labute approximate surface area is 207 Å². The Hall–Kier alpha value is -3.11. The van der Waals surface area contributed by atoms with Crippen LogP contribution in [0.2, 0.25) is 0 Å². The highest BCUT2D eigenvalue weighted by Gasteiger charge is 2.23. The quantitative estimate of drug-likeness (QED) is 0.229. The van der Waals surface area contributed by atoms with Crippen LogP contribution in [0.4, 0.5) is 5.00 Å². The number of para-hydroxylation sites is 1. The van der Waals surface area contributed by atoms with Gasteiger partial charge in [0.05, 0.1) is 18.4 Å². The zero-order chi connectivity index (χ0) is 24.7. The summed E-state index contributed by atoms with van der Waals surface area (Å²) in [5, 5.41) is 12.4. The maximum atomic E-state index is 12.7. The van der Waals surface area contributed by atoms with Crippen LogP contribution in [0.15, 0.2) is 42.1 Å². The Balaban J connectivity index is 1.68. The molecular formula is C24H28N4O4S2. The van der Waals surface area contributed by atoms with E-state index in [0.29, 0.717) is 34.5 Å². The summed E-state index contributed by atoms with van der Waals surface area (Å²) in [5.74, 6) is 0.828. The Morgan fingerprint density at radius 2 is 2.03 bits per heavy atom. The van der Waals surface area contributed by atoms with Crippen LogP contribution in [0, 0.1) is 13.8 Å². The van der Waals surface area contributed by atoms with Gasteiger partial charge >= 0.3 is 5.97 Å². The lowest BCUT2D eigenvalue weighted by atomic mass is 10.1. The Bertz CT molecular complexity index is 1190. The van der Waals surface area contributed by atoms with Gasteiger partial charge in [0.25, 0.3) is 0 Å². The fraction of sp³-hybridized carbons (Fsp3) is 0.333. The summed E-state index contributed by atoms with van der Waals surface area (Å²) >= 11 is 2.63. The first-order valence-corrected chi connectivity index (χ1v) is 12.5. The van der Waals surface area contributed by atoms with Crippen molar-refractivity contribution in [2.75, 3.05) is 18.2 Å². The van der Waals surface area contributed by atoms with Gasteiger partial charge in [-0.25, -0.2) is 4.79 Å². The highest BCUT2D eigenvalue weighted by molar-refractivity contribution is 7.99. The van der Waals surface area contributed by atoms with Crippen LogP contribution in [-0.2, 0) is 29.1 Å². The van der Waals surface area contributed by atoms with Crippen molar-refractivity contribution in [1.29, 1.82) is 0 Å². The summed E-state index contributed by atoms with van der Waals surface area (Å²) in [5.41, 5.74) is 2.35. The van der Waals surface area contributed by atoms with Gasteiger partial charge < -0.3 is 14.8 Å². The molecule has 10 heteroatoms. The number of hydrogen-bond donors (Lipinski definition) is 1. The highest BCUT2D eigenvalue weighted by atomic mass is 32.2. The molecule has 180 valence electrons. The second kappa shape index (κ2) is 11.8. The molecule has 0 saturated heterocycles. The number of ether oxygens (including phenoxy) is 2. The Morgan fingerprint density at radius 1 is 1.26 bits per heavy atom. The van der Waals surface area contributed by atoms with Gasteiger partial charge in [-0.05, 0) is 37.5 Å². The number of nitrogens with zero attached hydrogens (tertiary/aromatic N) is 3. The van der Waals surface area contributed by atoms with E-state index in [1.807, 2.05) is 49.6 Å². The first kappa shape index (κ1) is 25.5. The van der Waals surface area contributed by atoms with Gasteiger partial charge in [-0.3, -0.25) is 9.36 Å². The normalized spacial score (nSPS) is 10.7. The van der Waals surface area contributed by atoms with Gasteiger partial charge in [0.1, 0.15) is 17.4 Å². The smallest absolute Gasteiger partial charge is 0.341 e. The number of allylic oxidation sites excluding steroid dienone is 1. The number of benzene rings is 1. The van der Waals surface area contributed by atoms with Crippen LogP contribution >= 0.6 is 23.1 Å². The van der Waals surface area contributed by atoms with Crippen molar-refractivity contribution in [3.8, 4) is 5.75 Å². The summed E-state index contributed by atoms with van der Waals surface area (Å²) < 4.78 is 12.7. The van der Waals surface area contributed by atoms with Crippen LogP contribution in [0.5, 0.6) is 5.75 Å². The number of amides is 1. The number of rotatable bonds is 11. The van der Waals surface area contributed by atoms with Gasteiger partial charge in [-0.2, -0.15) is 0 Å². The molecule has 0 bridgehead atoms. The molecule has 3 aromatic rings. The zero-order valence-corrected chi connectivity index (χ0v) is 21.3. The number of carbonyl (C=O) groups excluding carboxylic acids is 2. The highest BCUT2D eigenvalue weighted by Crippen LogP contribution is 2.34. The van der Waals surface area contributed by atoms with Crippen molar-refractivity contribution in [3.63, 3.8) is 0 Å². The molecule has 8 nitrogen and oxygen atoms in total. The molecular weight excluding hydrogens is 472 g/mol. The molecule has 0 saturated carbocycles. The molecule has 1 aromatic carbocycles. The van der Waals surface area contributed by atoms with Crippen LogP contribution in [0.25, 0.3) is 0 Å². The molecule has 3 rings (SSSR count). The number of methoxy groups -OCH3 is 1. The fourth-order valence-corrected chi connectivity index (χ4v) is 5.32. The molecule has 1 N–H and O–H groups in total. The minimum absolute atomic E-state index is 0.104. The van der Waals surface area contributed by atoms with Crippen molar-refractivity contribution in [1.82, 2.24) is 14.8 Å². The summed E-state index contributed by atoms with van der Waals surface area (Å²) in [6.45, 7) is 10.4. The van der Waals surface area contributed by atoms with Crippen molar-refractivity contribution in [3.05, 3.63) is 64.3 Å². The molecule has 0 aliphatic carbocycles. The molecule has 0 atom stereocenters. The minimum Gasteiger partial charge on any atom is -0.485 e. The third kappa shape index (κ3) is 5.87. The first-order valence-electron chi connectivity index (χ1n) is 10.7. The summed E-state index contributed by atoms with van der Waals surface area (Å²) in [6, 6.07) is 7.76. The number of thiophene rings is 1. The molecule has 0 aliphatic rings. The van der Waals surface area contributed by atoms with E-state index in [1.165, 1.54) is 30.2 Å². The summed E-state index contributed by atoms with van der Waals surface area (Å²) in [6.07, 6.45) is 2.42. The molecule has 34 heavy (non-hydrogen) atoms. The SMILES string of the molecule is C=CCn1c(COc2ccccc2C)nnc1SCC(=O)Nc1sc(C)c(CC)c1C(=O)OC. The average Bonchev–Trinajstić information content (AvgIpc) is 3.36. The van der Waals surface area contributed by atoms with E-state index in [4.69, 9.17) is 9.47 Å². The second-order valence-corrected chi connectivity index (χ2v) is 9.54. The summed E-state index contributed by atoms with van der Waals surface area (Å²) in [7, 11) is 1.34. The molecule has 0 unspecified atom stereocenters. The Kier molecular flexibility index (Phi) is 8.89. The predicted octanol–water partition coefficient (Wildman–Crippen LogP) is 4.80. The van der Waals surface area contributed by atoms with E-state index in [2.05, 4.69) is 22.1 Å². The van der Waals surface area contributed by atoms with Crippen LogP contribution < -0.4 is 10.1 Å². The molecule has 0 aliphatic heterocycles. The van der Waals surface area contributed by atoms with E-state index in [-0.39, 0.29) is 18.3 Å². The number of carbonyl (C=O) groups is 2. The van der Waals surface area contributed by atoms with Crippen molar-refractivity contribution < 1.29 is 19.1 Å². The Morgan fingerprint density at radius 3 is 2.71 bits per heavy atom. The number of anilines is 1. The monoisotopic (exact) mass is 500 g/mol. The lowest BCUT2D eigenvalue weighted by molar-refractivity contribution is -0.113. The van der Waals surface area contributed by atoms with E-state index < -0.39 is 5.97 Å². The van der Waals surface area contributed by atoms with Crippen molar-refractivity contribution >= 4 is 40.0 Å². The average molecular weight is 501 g/mol.